The van der Waals surface area contributed by atoms with E-state index in [1.54, 1.807) is 0 Å². The molecule has 0 aromatic carbocycles. The normalized spacial score (nSPS) is 26.1. The Morgan fingerprint density at radius 1 is 1.43 bits per heavy atom. The number of halogens is 4. The number of nitrogens with one attached hydrogen (secondary N) is 1. The molecule has 1 heterocycles. The van der Waals surface area contributed by atoms with Crippen LogP contribution < -0.4 is 10.9 Å². The Kier molecular flexibility index (Phi) is 4.51. The first-order valence-corrected chi connectivity index (χ1v) is 7.15. The number of aromatic nitrogens is 2. The van der Waals surface area contributed by atoms with Crippen LogP contribution in [0.2, 0.25) is 5.02 Å². The highest BCUT2D eigenvalue weighted by molar-refractivity contribution is 6.32. The minimum absolute atomic E-state index is 0.150. The van der Waals surface area contributed by atoms with Crippen molar-refractivity contribution >= 4 is 17.3 Å². The molecule has 1 fully saturated rings. The molecule has 0 spiro atoms. The third-order valence-electron chi connectivity index (χ3n) is 4.12. The molecular weight excluding hydrogens is 307 g/mol. The smallest absolute Gasteiger partial charge is 0.379 e. The zero-order valence-electron chi connectivity index (χ0n) is 11.7. The van der Waals surface area contributed by atoms with E-state index in [-0.39, 0.29) is 11.1 Å². The number of anilines is 1. The van der Waals surface area contributed by atoms with E-state index in [0.29, 0.717) is 22.2 Å². The summed E-state index contributed by atoms with van der Waals surface area (Å²) in [5, 5.41) is 6.43. The fourth-order valence-corrected chi connectivity index (χ4v) is 2.82. The monoisotopic (exact) mass is 323 g/mol. The molecule has 1 aromatic rings. The summed E-state index contributed by atoms with van der Waals surface area (Å²) >= 11 is 5.89. The highest BCUT2D eigenvalue weighted by Crippen LogP contribution is 2.34. The summed E-state index contributed by atoms with van der Waals surface area (Å²) in [6, 6.07) is 0.150. The van der Waals surface area contributed by atoms with Crippen molar-refractivity contribution in [2.24, 2.45) is 11.8 Å². The molecule has 0 saturated heterocycles. The zero-order chi connectivity index (χ0) is 15.8. The third-order valence-corrected chi connectivity index (χ3v) is 4.49. The number of rotatable bonds is 3. The first-order chi connectivity index (χ1) is 9.69. The van der Waals surface area contributed by atoms with Crippen LogP contribution in [-0.4, -0.2) is 22.0 Å². The van der Waals surface area contributed by atoms with Gasteiger partial charge >= 0.3 is 6.18 Å². The van der Waals surface area contributed by atoms with E-state index in [0.717, 1.165) is 12.8 Å². The maximum atomic E-state index is 12.3. The van der Waals surface area contributed by atoms with Crippen molar-refractivity contribution in [2.75, 3.05) is 5.32 Å². The number of hydrogen-bond donors (Lipinski definition) is 1. The summed E-state index contributed by atoms with van der Waals surface area (Å²) in [7, 11) is 0. The first-order valence-electron chi connectivity index (χ1n) is 6.78. The maximum Gasteiger partial charge on any atom is 0.408 e. The third kappa shape index (κ3) is 3.70. The summed E-state index contributed by atoms with van der Waals surface area (Å²) in [6.45, 7) is 2.80. The van der Waals surface area contributed by atoms with Gasteiger partial charge in [0.25, 0.3) is 5.56 Å². The number of nitrogens with zero attached hydrogens (tertiary/aromatic N) is 2. The van der Waals surface area contributed by atoms with E-state index < -0.39 is 18.3 Å². The van der Waals surface area contributed by atoms with Gasteiger partial charge in [-0.1, -0.05) is 25.4 Å². The van der Waals surface area contributed by atoms with Gasteiger partial charge in [0.2, 0.25) is 0 Å². The van der Waals surface area contributed by atoms with E-state index in [4.69, 9.17) is 11.6 Å². The van der Waals surface area contributed by atoms with Gasteiger partial charge in [0, 0.05) is 6.04 Å². The van der Waals surface area contributed by atoms with Crippen LogP contribution in [0.1, 0.15) is 26.7 Å². The van der Waals surface area contributed by atoms with Crippen molar-refractivity contribution in [3.8, 4) is 0 Å². The van der Waals surface area contributed by atoms with Crippen LogP contribution in [0.3, 0.4) is 0 Å². The second-order valence-corrected chi connectivity index (χ2v) is 5.99. The lowest BCUT2D eigenvalue weighted by molar-refractivity contribution is -0.143. The van der Waals surface area contributed by atoms with Gasteiger partial charge in [-0.25, -0.2) is 4.68 Å². The minimum atomic E-state index is -4.51. The van der Waals surface area contributed by atoms with Crippen LogP contribution in [0.5, 0.6) is 0 Å². The number of hydrogen-bond acceptors (Lipinski definition) is 3. The van der Waals surface area contributed by atoms with E-state index in [9.17, 15) is 18.0 Å². The van der Waals surface area contributed by atoms with Crippen LogP contribution in [0.4, 0.5) is 18.9 Å². The molecule has 1 aliphatic rings. The SMILES string of the molecule is CC1CCC(Nc2cnn(CC(F)(F)F)c(=O)c2Cl)C1C. The van der Waals surface area contributed by atoms with Crippen molar-refractivity contribution in [2.45, 2.75) is 45.5 Å². The van der Waals surface area contributed by atoms with Crippen LogP contribution >= 0.6 is 11.6 Å². The molecule has 2 rings (SSSR count). The molecule has 8 heteroatoms. The topological polar surface area (TPSA) is 46.9 Å². The Labute approximate surface area is 125 Å². The highest BCUT2D eigenvalue weighted by atomic mass is 35.5. The van der Waals surface area contributed by atoms with Gasteiger partial charge < -0.3 is 5.32 Å². The largest absolute Gasteiger partial charge is 0.408 e. The van der Waals surface area contributed by atoms with Crippen LogP contribution in [0.25, 0.3) is 0 Å². The first kappa shape index (κ1) is 16.1. The summed E-state index contributed by atoms with van der Waals surface area (Å²) < 4.78 is 37.3. The van der Waals surface area contributed by atoms with Gasteiger partial charge in [-0.3, -0.25) is 4.79 Å². The molecule has 21 heavy (non-hydrogen) atoms. The highest BCUT2D eigenvalue weighted by Gasteiger charge is 2.32. The van der Waals surface area contributed by atoms with Crippen molar-refractivity contribution in [3.63, 3.8) is 0 Å². The second-order valence-electron chi connectivity index (χ2n) is 5.61. The molecule has 1 aliphatic carbocycles. The molecular formula is C13H17ClF3N3O. The predicted octanol–water partition coefficient (Wildman–Crippen LogP) is 3.31. The summed E-state index contributed by atoms with van der Waals surface area (Å²) in [6.07, 6.45) is -1.32. The van der Waals surface area contributed by atoms with Crippen molar-refractivity contribution in [1.29, 1.82) is 0 Å². The second kappa shape index (κ2) is 5.87. The summed E-state index contributed by atoms with van der Waals surface area (Å²) in [5.41, 5.74) is -0.635. The van der Waals surface area contributed by atoms with Gasteiger partial charge in [0.1, 0.15) is 11.6 Å². The molecule has 0 amide bonds. The standard InChI is InChI=1S/C13H17ClF3N3O/c1-7-3-4-9(8(7)2)19-10-5-18-20(6-13(15,16)17)12(21)11(10)14/h5,7-9,19H,3-4,6H2,1-2H3. The molecule has 3 unspecified atom stereocenters. The molecule has 0 bridgehead atoms. The van der Waals surface area contributed by atoms with E-state index in [1.807, 2.05) is 0 Å². The molecule has 4 nitrogen and oxygen atoms in total. The lowest BCUT2D eigenvalue weighted by Crippen LogP contribution is -2.32. The Hall–Kier alpha value is -1.24. The average molecular weight is 324 g/mol. The van der Waals surface area contributed by atoms with E-state index in [1.165, 1.54) is 6.20 Å². The van der Waals surface area contributed by atoms with E-state index in [2.05, 4.69) is 24.3 Å². The van der Waals surface area contributed by atoms with Crippen molar-refractivity contribution in [1.82, 2.24) is 9.78 Å². The molecule has 1 saturated carbocycles. The maximum absolute atomic E-state index is 12.3. The Morgan fingerprint density at radius 3 is 2.62 bits per heavy atom. The van der Waals surface area contributed by atoms with Gasteiger partial charge in [-0.05, 0) is 24.7 Å². The zero-order valence-corrected chi connectivity index (χ0v) is 12.5. The van der Waals surface area contributed by atoms with E-state index >= 15 is 0 Å². The van der Waals surface area contributed by atoms with Gasteiger partial charge in [0.05, 0.1) is 11.9 Å². The molecule has 118 valence electrons. The minimum Gasteiger partial charge on any atom is -0.379 e. The molecule has 0 aliphatic heterocycles. The van der Waals surface area contributed by atoms with Gasteiger partial charge in [0.15, 0.2) is 0 Å². The Balaban J connectivity index is 2.19. The number of alkyl halides is 3. The fraction of sp³-hybridized carbons (Fsp3) is 0.692. The van der Waals surface area contributed by atoms with Gasteiger partial charge in [-0.15, -0.1) is 0 Å². The average Bonchev–Trinajstić information content (AvgIpc) is 2.69. The predicted molar refractivity (Wildman–Crippen MR) is 74.5 cm³/mol. The molecule has 1 aromatic heterocycles. The van der Waals surface area contributed by atoms with Crippen molar-refractivity contribution < 1.29 is 13.2 Å². The van der Waals surface area contributed by atoms with Crippen LogP contribution in [0, 0.1) is 11.8 Å². The quantitative estimate of drug-likeness (QED) is 0.928. The lowest BCUT2D eigenvalue weighted by Gasteiger charge is -2.21. The molecule has 3 atom stereocenters. The van der Waals surface area contributed by atoms with Gasteiger partial charge in [-0.2, -0.15) is 18.3 Å². The van der Waals surface area contributed by atoms with Crippen LogP contribution in [0.15, 0.2) is 11.0 Å². The Morgan fingerprint density at radius 2 is 2.10 bits per heavy atom. The van der Waals surface area contributed by atoms with Crippen LogP contribution in [-0.2, 0) is 6.54 Å². The molecule has 1 N–H and O–H groups in total. The molecule has 0 radical (unpaired) electrons. The lowest BCUT2D eigenvalue weighted by atomic mass is 9.98. The summed E-state index contributed by atoms with van der Waals surface area (Å²) in [4.78, 5) is 11.8. The van der Waals surface area contributed by atoms with Crippen molar-refractivity contribution in [3.05, 3.63) is 21.6 Å². The summed E-state index contributed by atoms with van der Waals surface area (Å²) in [5.74, 6) is 0.957. The Bertz CT molecular complexity index is 573. The fourth-order valence-electron chi connectivity index (χ4n) is 2.62.